The van der Waals surface area contributed by atoms with E-state index in [-0.39, 0.29) is 11.6 Å². The summed E-state index contributed by atoms with van der Waals surface area (Å²) in [7, 11) is 0. The van der Waals surface area contributed by atoms with Crippen LogP contribution in [0.1, 0.15) is 55.4 Å². The molecule has 1 aliphatic heterocycles. The predicted molar refractivity (Wildman–Crippen MR) is 121 cm³/mol. The highest BCUT2D eigenvalue weighted by Gasteiger charge is 2.33. The summed E-state index contributed by atoms with van der Waals surface area (Å²) in [4.78, 5) is 18.7. The number of pyridine rings is 1. The van der Waals surface area contributed by atoms with Gasteiger partial charge in [0.1, 0.15) is 18.3 Å². The zero-order chi connectivity index (χ0) is 22.1. The Morgan fingerprint density at radius 3 is 2.97 bits per heavy atom. The normalized spacial score (nSPS) is 18.2. The summed E-state index contributed by atoms with van der Waals surface area (Å²) in [5, 5.41) is 13.6. The lowest BCUT2D eigenvalue weighted by Gasteiger charge is -2.36. The number of aryl methyl sites for hydroxylation is 1. The highest BCUT2D eigenvalue weighted by Crippen LogP contribution is 2.31. The molecule has 32 heavy (non-hydrogen) atoms. The van der Waals surface area contributed by atoms with Crippen molar-refractivity contribution in [2.75, 3.05) is 13.1 Å². The maximum Gasteiger partial charge on any atom is 0.253 e. The molecule has 166 valence electrons. The number of tetrazole rings is 1. The van der Waals surface area contributed by atoms with Crippen LogP contribution in [0.25, 0.3) is 10.9 Å². The molecule has 1 aliphatic rings. The van der Waals surface area contributed by atoms with Gasteiger partial charge in [-0.25, -0.2) is 4.68 Å². The predicted octanol–water partition coefficient (Wildman–Crippen LogP) is 3.54. The van der Waals surface area contributed by atoms with Crippen LogP contribution in [-0.2, 0) is 13.0 Å². The summed E-state index contributed by atoms with van der Waals surface area (Å²) in [6, 6.07) is 11.6. The minimum absolute atomic E-state index is 0.0995. The van der Waals surface area contributed by atoms with Gasteiger partial charge in [0, 0.05) is 17.6 Å². The molecule has 0 radical (unpaired) electrons. The van der Waals surface area contributed by atoms with E-state index in [1.807, 2.05) is 24.3 Å². The van der Waals surface area contributed by atoms with Crippen molar-refractivity contribution in [1.29, 1.82) is 0 Å². The number of H-pyrrole nitrogens is 1. The molecule has 0 amide bonds. The summed E-state index contributed by atoms with van der Waals surface area (Å²) in [5.41, 5.74) is 2.66. The summed E-state index contributed by atoms with van der Waals surface area (Å²) < 4.78 is 7.26. The summed E-state index contributed by atoms with van der Waals surface area (Å²) in [6.07, 6.45) is 4.86. The smallest absolute Gasteiger partial charge is 0.253 e. The van der Waals surface area contributed by atoms with Gasteiger partial charge < -0.3 is 9.40 Å². The zero-order valence-electron chi connectivity index (χ0n) is 18.5. The molecule has 1 aromatic carbocycles. The van der Waals surface area contributed by atoms with Gasteiger partial charge in [-0.2, -0.15) is 0 Å². The quantitative estimate of drug-likeness (QED) is 0.501. The van der Waals surface area contributed by atoms with E-state index in [0.29, 0.717) is 23.9 Å². The number of likely N-dealkylation sites (tertiary alicyclic amines) is 1. The van der Waals surface area contributed by atoms with Crippen LogP contribution in [-0.4, -0.2) is 43.2 Å². The first-order chi connectivity index (χ1) is 15.6. The van der Waals surface area contributed by atoms with Gasteiger partial charge in [-0.05, 0) is 83.4 Å². The Kier molecular flexibility index (Phi) is 5.61. The molecule has 8 heteroatoms. The van der Waals surface area contributed by atoms with E-state index in [1.165, 1.54) is 12.0 Å². The molecule has 5 rings (SSSR count). The van der Waals surface area contributed by atoms with Crippen molar-refractivity contribution in [2.45, 2.75) is 45.7 Å². The first kappa shape index (κ1) is 20.6. The molecule has 0 aliphatic carbocycles. The minimum atomic E-state index is -0.332. The second-order valence-corrected chi connectivity index (χ2v) is 8.75. The Balaban J connectivity index is 1.64. The van der Waals surface area contributed by atoms with Crippen molar-refractivity contribution in [3.8, 4) is 0 Å². The lowest BCUT2D eigenvalue weighted by Crippen LogP contribution is -2.41. The third-order valence-corrected chi connectivity index (χ3v) is 6.38. The first-order valence-electron chi connectivity index (χ1n) is 11.3. The highest BCUT2D eigenvalue weighted by molar-refractivity contribution is 5.80. The van der Waals surface area contributed by atoms with Crippen molar-refractivity contribution in [3.63, 3.8) is 0 Å². The molecule has 2 unspecified atom stereocenters. The molecular formula is C24H28N6O2. The van der Waals surface area contributed by atoms with Crippen LogP contribution >= 0.6 is 0 Å². The molecule has 4 heterocycles. The van der Waals surface area contributed by atoms with Gasteiger partial charge in [0.2, 0.25) is 0 Å². The van der Waals surface area contributed by atoms with Crippen LogP contribution in [0.15, 0.2) is 51.9 Å². The van der Waals surface area contributed by atoms with Crippen LogP contribution in [0, 0.1) is 5.92 Å². The van der Waals surface area contributed by atoms with Crippen LogP contribution in [0.3, 0.4) is 0 Å². The highest BCUT2D eigenvalue weighted by atomic mass is 16.3. The van der Waals surface area contributed by atoms with Gasteiger partial charge >= 0.3 is 0 Å². The standard InChI is InChI=1S/C24H28N6O2/c1-3-17-8-9-21-18(12-17)13-20(24(31)25-21)22(29-10-4-6-16(2)14-29)23-26-27-28-30(23)15-19-7-5-11-32-19/h5,7-9,11-13,16,22H,3-4,6,10,14-15H2,1-2H3,(H,25,31). The molecule has 0 bridgehead atoms. The number of fused-ring (bicyclic) bond motifs is 1. The van der Waals surface area contributed by atoms with Crippen molar-refractivity contribution in [2.24, 2.45) is 5.92 Å². The Labute approximate surface area is 186 Å². The second kappa shape index (κ2) is 8.70. The fraction of sp³-hybridized carbons (Fsp3) is 0.417. The van der Waals surface area contributed by atoms with E-state index in [2.05, 4.69) is 51.4 Å². The third kappa shape index (κ3) is 3.98. The molecular weight excluding hydrogens is 404 g/mol. The van der Waals surface area contributed by atoms with Gasteiger partial charge in [0.15, 0.2) is 5.82 Å². The number of hydrogen-bond donors (Lipinski definition) is 1. The Bertz CT molecular complexity index is 1260. The molecule has 1 N–H and O–H groups in total. The number of aromatic nitrogens is 5. The third-order valence-electron chi connectivity index (χ3n) is 6.38. The summed E-state index contributed by atoms with van der Waals surface area (Å²) in [5.74, 6) is 1.98. The number of aromatic amines is 1. The molecule has 3 aromatic heterocycles. The number of nitrogens with one attached hydrogen (secondary N) is 1. The topological polar surface area (TPSA) is 92.8 Å². The second-order valence-electron chi connectivity index (χ2n) is 8.75. The number of piperidine rings is 1. The Hall–Kier alpha value is -3.26. The number of hydrogen-bond acceptors (Lipinski definition) is 6. The van der Waals surface area contributed by atoms with Crippen LogP contribution in [0.4, 0.5) is 0 Å². The number of benzene rings is 1. The van der Waals surface area contributed by atoms with Crippen molar-refractivity contribution >= 4 is 10.9 Å². The molecule has 2 atom stereocenters. The van der Waals surface area contributed by atoms with Gasteiger partial charge in [0.05, 0.1) is 6.26 Å². The lowest BCUT2D eigenvalue weighted by molar-refractivity contribution is 0.141. The molecule has 1 fully saturated rings. The summed E-state index contributed by atoms with van der Waals surface area (Å²) in [6.45, 7) is 6.60. The van der Waals surface area contributed by atoms with Gasteiger partial charge in [-0.3, -0.25) is 9.69 Å². The van der Waals surface area contributed by atoms with E-state index in [0.717, 1.165) is 42.6 Å². The molecule has 4 aromatic rings. The largest absolute Gasteiger partial charge is 0.467 e. The van der Waals surface area contributed by atoms with Gasteiger partial charge in [-0.15, -0.1) is 5.10 Å². The lowest BCUT2D eigenvalue weighted by atomic mass is 9.95. The number of furan rings is 1. The van der Waals surface area contributed by atoms with E-state index in [4.69, 9.17) is 4.42 Å². The van der Waals surface area contributed by atoms with E-state index in [1.54, 1.807) is 10.9 Å². The van der Waals surface area contributed by atoms with Crippen molar-refractivity contribution in [1.82, 2.24) is 30.1 Å². The minimum Gasteiger partial charge on any atom is -0.467 e. The fourth-order valence-electron chi connectivity index (χ4n) is 4.73. The number of rotatable bonds is 6. The summed E-state index contributed by atoms with van der Waals surface area (Å²) >= 11 is 0. The van der Waals surface area contributed by atoms with Crippen LogP contribution in [0.5, 0.6) is 0 Å². The van der Waals surface area contributed by atoms with E-state index < -0.39 is 0 Å². The molecule has 0 spiro atoms. The van der Waals surface area contributed by atoms with Crippen LogP contribution in [0.2, 0.25) is 0 Å². The SMILES string of the molecule is CCc1ccc2[nH]c(=O)c(C(c3nnnn3Cc3ccco3)N3CCCC(C)C3)cc2c1. The van der Waals surface area contributed by atoms with E-state index >= 15 is 0 Å². The van der Waals surface area contributed by atoms with Gasteiger partial charge in [-0.1, -0.05) is 19.9 Å². The fourth-order valence-corrected chi connectivity index (χ4v) is 4.73. The average molecular weight is 433 g/mol. The number of nitrogens with zero attached hydrogens (tertiary/aromatic N) is 5. The van der Waals surface area contributed by atoms with Gasteiger partial charge in [0.25, 0.3) is 5.56 Å². The molecule has 8 nitrogen and oxygen atoms in total. The average Bonchev–Trinajstić information content (AvgIpc) is 3.47. The Morgan fingerprint density at radius 1 is 1.28 bits per heavy atom. The monoisotopic (exact) mass is 432 g/mol. The zero-order valence-corrected chi connectivity index (χ0v) is 18.5. The Morgan fingerprint density at radius 2 is 2.19 bits per heavy atom. The maximum absolute atomic E-state index is 13.3. The molecule has 1 saturated heterocycles. The maximum atomic E-state index is 13.3. The van der Waals surface area contributed by atoms with Crippen molar-refractivity contribution < 1.29 is 4.42 Å². The van der Waals surface area contributed by atoms with Crippen LogP contribution < -0.4 is 5.56 Å². The van der Waals surface area contributed by atoms with E-state index in [9.17, 15) is 4.79 Å². The van der Waals surface area contributed by atoms with Crippen molar-refractivity contribution in [3.05, 3.63) is 75.7 Å². The molecule has 0 saturated carbocycles. The first-order valence-corrected chi connectivity index (χ1v) is 11.3.